The predicted octanol–water partition coefficient (Wildman–Crippen LogP) is 18.1. The fourth-order valence-corrected chi connectivity index (χ4v) is 9.27. The smallest absolute Gasteiger partial charge is 0.0650 e. The minimum Gasteiger partial charge on any atom is -0.356 e. The van der Waals surface area contributed by atoms with Gasteiger partial charge in [0.25, 0.3) is 0 Å². The molecule has 4 heterocycles. The van der Waals surface area contributed by atoms with Gasteiger partial charge in [0.2, 0.25) is 0 Å². The van der Waals surface area contributed by atoms with E-state index in [9.17, 15) is 0 Å². The lowest BCUT2D eigenvalue weighted by Crippen LogP contribution is -2.14. The van der Waals surface area contributed by atoms with Crippen molar-refractivity contribution in [3.8, 4) is 33.4 Å². The second-order valence-electron chi connectivity index (χ2n) is 18.8. The lowest BCUT2D eigenvalue weighted by atomic mass is 9.82. The molecule has 0 spiro atoms. The zero-order valence-corrected chi connectivity index (χ0v) is 43.0. The summed E-state index contributed by atoms with van der Waals surface area (Å²) in [6.07, 6.45) is 14.6. The summed E-state index contributed by atoms with van der Waals surface area (Å²) in [7, 11) is 0. The van der Waals surface area contributed by atoms with Gasteiger partial charge in [0.1, 0.15) is 0 Å². The molecule has 1 aliphatic carbocycles. The quantitative estimate of drug-likeness (QED) is 0.108. The highest BCUT2D eigenvalue weighted by Crippen LogP contribution is 2.49. The molecule has 0 saturated heterocycles. The van der Waals surface area contributed by atoms with Crippen molar-refractivity contribution in [3.63, 3.8) is 0 Å². The Bertz CT molecular complexity index is 3710. The molecule has 0 fully saturated rings. The Kier molecular flexibility index (Phi) is 16.2. The van der Waals surface area contributed by atoms with Crippen LogP contribution >= 0.6 is 0 Å². The summed E-state index contributed by atoms with van der Waals surface area (Å²) < 4.78 is 0. The Morgan fingerprint density at radius 2 is 0.805 bits per heavy atom. The predicted molar refractivity (Wildman–Crippen MR) is 322 cm³/mol. The summed E-state index contributed by atoms with van der Waals surface area (Å²) in [5.41, 5.74) is 18.7. The number of hydrogen-bond donors (Lipinski definition) is 4. The van der Waals surface area contributed by atoms with E-state index in [4.69, 9.17) is 0 Å². The highest BCUT2D eigenvalue weighted by atomic mass is 14.9. The molecular weight excluding hydrogens is 941 g/mol. The number of nitrogens with one attached hydrogen (secondary N) is 4. The first kappa shape index (κ1) is 50.4. The first-order valence-electron chi connectivity index (χ1n) is 25.6. The van der Waals surface area contributed by atoms with Gasteiger partial charge in [0.05, 0.1) is 23.8 Å². The van der Waals surface area contributed by atoms with Gasteiger partial charge >= 0.3 is 0 Å². The van der Waals surface area contributed by atoms with Gasteiger partial charge in [-0.15, -0.1) is 0 Å². The minimum absolute atomic E-state index is 0.0471. The fraction of sp³-hybridized carbons (Fsp3) is 0.0435. The third-order valence-corrected chi connectivity index (χ3v) is 13.1. The van der Waals surface area contributed by atoms with E-state index in [1.807, 2.05) is 134 Å². The highest BCUT2D eigenvalue weighted by molar-refractivity contribution is 5.95. The third kappa shape index (κ3) is 13.1. The summed E-state index contributed by atoms with van der Waals surface area (Å²) in [5, 5.41) is 15.9. The number of aromatic nitrogens is 4. The summed E-state index contributed by atoms with van der Waals surface area (Å²) in [6, 6.07) is 82.8. The number of rotatable bonds is 10. The molecule has 0 unspecified atom stereocenters. The molecule has 1 aliphatic rings. The van der Waals surface area contributed by atoms with Gasteiger partial charge in [-0.1, -0.05) is 153 Å². The zero-order chi connectivity index (χ0) is 52.5. The molecule has 12 aromatic rings. The number of pyridine rings is 4. The largest absolute Gasteiger partial charge is 0.356 e. The van der Waals surface area contributed by atoms with Crippen molar-refractivity contribution >= 4 is 56.3 Å². The standard InChI is InChI=1S/C24H20N2.2C17H14N2.C11H10N2/c1-24(2)21-10-6-5-9-19(21)20-13-17(11-12-22(20)24)26-23-15-25-14-16-7-3-4-8-18(16)23;1-2-6-16(7-3-1)19-17-10-8-14(9-11-17)15-5-4-12-18-13-15;1-2-6-16(7-3-1)19-17-8-4-5-15(13-17)14-9-11-18-12-10-14;1-2-5-10(6-3-1)13-11-7-4-8-12-9-11/h3-15,26H,1-2H3;2*1-13,19H;1-9,13H. The number of nitrogens with zero attached hydrogens (tertiary/aromatic N) is 4. The van der Waals surface area contributed by atoms with Crippen LogP contribution in [0.2, 0.25) is 0 Å². The number of anilines is 8. The van der Waals surface area contributed by atoms with E-state index in [0.717, 1.165) is 56.4 Å². The number of para-hydroxylation sites is 3. The van der Waals surface area contributed by atoms with Gasteiger partial charge < -0.3 is 21.3 Å². The zero-order valence-electron chi connectivity index (χ0n) is 43.0. The summed E-state index contributed by atoms with van der Waals surface area (Å²) in [5.74, 6) is 0. The van der Waals surface area contributed by atoms with Crippen molar-refractivity contribution < 1.29 is 0 Å². The van der Waals surface area contributed by atoms with Crippen LogP contribution in [0, 0.1) is 0 Å². The van der Waals surface area contributed by atoms with Crippen molar-refractivity contribution in [2.24, 2.45) is 0 Å². The van der Waals surface area contributed by atoms with E-state index < -0.39 is 0 Å². The summed E-state index contributed by atoms with van der Waals surface area (Å²) in [6.45, 7) is 4.61. The summed E-state index contributed by atoms with van der Waals surface area (Å²) in [4.78, 5) is 16.6. The van der Waals surface area contributed by atoms with Gasteiger partial charge in [-0.05, 0) is 148 Å². The Balaban J connectivity index is 0.000000120. The lowest BCUT2D eigenvalue weighted by molar-refractivity contribution is 0.660. The Labute approximate surface area is 451 Å². The Morgan fingerprint density at radius 1 is 0.286 bits per heavy atom. The molecule has 0 amide bonds. The van der Waals surface area contributed by atoms with Gasteiger partial charge in [0, 0.05) is 87.5 Å². The van der Waals surface area contributed by atoms with Gasteiger partial charge in [-0.3, -0.25) is 19.9 Å². The molecule has 0 aliphatic heterocycles. The van der Waals surface area contributed by atoms with Crippen LogP contribution in [0.25, 0.3) is 44.2 Å². The van der Waals surface area contributed by atoms with Crippen molar-refractivity contribution in [3.05, 3.63) is 303 Å². The molecule has 8 nitrogen and oxygen atoms in total. The topological polar surface area (TPSA) is 99.7 Å². The van der Waals surface area contributed by atoms with Gasteiger partial charge in [-0.2, -0.15) is 0 Å². The van der Waals surface area contributed by atoms with Crippen LogP contribution in [0.3, 0.4) is 0 Å². The molecule has 77 heavy (non-hydrogen) atoms. The molecule has 0 atom stereocenters. The normalized spacial score (nSPS) is 11.4. The van der Waals surface area contributed by atoms with Crippen molar-refractivity contribution in [1.29, 1.82) is 0 Å². The Morgan fingerprint density at radius 3 is 1.48 bits per heavy atom. The number of benzene rings is 8. The number of fused-ring (bicyclic) bond motifs is 4. The lowest BCUT2D eigenvalue weighted by Gasteiger charge is -2.21. The molecule has 8 heteroatoms. The maximum Gasteiger partial charge on any atom is 0.0650 e. The maximum absolute atomic E-state index is 4.38. The molecule has 0 bridgehead atoms. The molecule has 4 aromatic heterocycles. The number of hydrogen-bond acceptors (Lipinski definition) is 8. The molecule has 0 radical (unpaired) electrons. The maximum atomic E-state index is 4.38. The van der Waals surface area contributed by atoms with E-state index in [1.54, 1.807) is 18.6 Å². The monoisotopic (exact) mass is 998 g/mol. The average molecular weight is 999 g/mol. The van der Waals surface area contributed by atoms with Crippen LogP contribution in [0.1, 0.15) is 25.0 Å². The van der Waals surface area contributed by atoms with Gasteiger partial charge in [0.15, 0.2) is 0 Å². The van der Waals surface area contributed by atoms with Crippen molar-refractivity contribution in [1.82, 2.24) is 19.9 Å². The second-order valence-corrected chi connectivity index (χ2v) is 18.8. The SMILES string of the molecule is CC1(C)c2ccccc2-c2cc(Nc3cncc4ccccc34)ccc21.c1ccc(Nc2ccc(-c3cccnc3)cc2)cc1.c1ccc(Nc2cccc(-c3ccncc3)c2)cc1.c1ccc(Nc2cccnc2)cc1. The van der Waals surface area contributed by atoms with Crippen LogP contribution in [0.5, 0.6) is 0 Å². The second kappa shape index (κ2) is 24.7. The van der Waals surface area contributed by atoms with E-state index >= 15 is 0 Å². The molecule has 0 saturated carbocycles. The van der Waals surface area contributed by atoms with E-state index in [1.165, 1.54) is 44.3 Å². The Hall–Kier alpha value is -10.2. The minimum atomic E-state index is 0.0471. The van der Waals surface area contributed by atoms with Crippen molar-refractivity contribution in [2.45, 2.75) is 19.3 Å². The summed E-state index contributed by atoms with van der Waals surface area (Å²) >= 11 is 0. The molecule has 4 N–H and O–H groups in total. The van der Waals surface area contributed by atoms with Gasteiger partial charge in [-0.25, -0.2) is 0 Å². The van der Waals surface area contributed by atoms with E-state index in [2.05, 4.69) is 195 Å². The van der Waals surface area contributed by atoms with E-state index in [0.29, 0.717) is 0 Å². The average Bonchev–Trinajstić information content (AvgIpc) is 3.73. The fourth-order valence-electron chi connectivity index (χ4n) is 9.27. The van der Waals surface area contributed by atoms with Crippen LogP contribution in [0.15, 0.2) is 292 Å². The van der Waals surface area contributed by atoms with Crippen LogP contribution in [-0.2, 0) is 5.41 Å². The van der Waals surface area contributed by atoms with Crippen LogP contribution < -0.4 is 21.3 Å². The highest BCUT2D eigenvalue weighted by Gasteiger charge is 2.35. The van der Waals surface area contributed by atoms with E-state index in [-0.39, 0.29) is 5.41 Å². The molecule has 374 valence electrons. The molecule has 8 aromatic carbocycles. The first-order valence-corrected chi connectivity index (χ1v) is 25.6. The van der Waals surface area contributed by atoms with Crippen LogP contribution in [0.4, 0.5) is 45.5 Å². The molecular formula is C69H58N8. The molecule has 13 rings (SSSR count). The van der Waals surface area contributed by atoms with Crippen molar-refractivity contribution in [2.75, 3.05) is 21.3 Å². The third-order valence-electron chi connectivity index (χ3n) is 13.1. The van der Waals surface area contributed by atoms with Crippen LogP contribution in [-0.4, -0.2) is 19.9 Å². The first-order chi connectivity index (χ1) is 37.9.